The van der Waals surface area contributed by atoms with E-state index >= 15 is 0 Å². The highest BCUT2D eigenvalue weighted by molar-refractivity contribution is 5.71. The van der Waals surface area contributed by atoms with Crippen LogP contribution in [0.15, 0.2) is 48.6 Å². The Bertz CT molecular complexity index is 1220. The van der Waals surface area contributed by atoms with Crippen molar-refractivity contribution in [3.8, 4) is 0 Å². The Morgan fingerprint density at radius 1 is 0.286 bits per heavy atom. The molecule has 0 aromatic carbocycles. The first-order chi connectivity index (χ1) is 34.5. The van der Waals surface area contributed by atoms with E-state index in [4.69, 9.17) is 14.2 Å². The predicted octanol–water partition coefficient (Wildman–Crippen LogP) is 20.6. The second-order valence-electron chi connectivity index (χ2n) is 20.6. The summed E-state index contributed by atoms with van der Waals surface area (Å²) in [4.78, 5) is 38.2. The van der Waals surface area contributed by atoms with Crippen LogP contribution in [-0.2, 0) is 28.6 Å². The van der Waals surface area contributed by atoms with Crippen LogP contribution in [0.25, 0.3) is 0 Å². The number of hydrogen-bond donors (Lipinski definition) is 0. The molecule has 0 saturated carbocycles. The third-order valence-electron chi connectivity index (χ3n) is 13.6. The predicted molar refractivity (Wildman–Crippen MR) is 302 cm³/mol. The van der Waals surface area contributed by atoms with E-state index in [1.165, 1.54) is 193 Å². The van der Waals surface area contributed by atoms with Crippen LogP contribution < -0.4 is 0 Å². The van der Waals surface area contributed by atoms with Gasteiger partial charge in [0, 0.05) is 19.3 Å². The van der Waals surface area contributed by atoms with Gasteiger partial charge in [0.25, 0.3) is 0 Å². The normalized spacial score (nSPS) is 12.3. The van der Waals surface area contributed by atoms with E-state index in [1.54, 1.807) is 0 Å². The quantitative estimate of drug-likeness (QED) is 0.0261. The van der Waals surface area contributed by atoms with Gasteiger partial charge in [-0.3, -0.25) is 14.4 Å². The van der Waals surface area contributed by atoms with E-state index < -0.39 is 6.10 Å². The molecule has 6 nitrogen and oxygen atoms in total. The monoisotopic (exact) mass is 981 g/mol. The minimum absolute atomic E-state index is 0.0777. The zero-order chi connectivity index (χ0) is 50.7. The summed E-state index contributed by atoms with van der Waals surface area (Å²) in [5, 5.41) is 0. The van der Waals surface area contributed by atoms with Gasteiger partial charge in [0.15, 0.2) is 6.10 Å². The van der Waals surface area contributed by atoms with Crippen molar-refractivity contribution in [1.29, 1.82) is 0 Å². The summed E-state index contributed by atoms with van der Waals surface area (Å²) in [7, 11) is 0. The number of rotatable bonds is 56. The van der Waals surface area contributed by atoms with Crippen LogP contribution in [0.1, 0.15) is 323 Å². The molecule has 0 saturated heterocycles. The second kappa shape index (κ2) is 58.9. The van der Waals surface area contributed by atoms with E-state index in [0.717, 1.165) is 89.9 Å². The van der Waals surface area contributed by atoms with Crippen LogP contribution in [0.3, 0.4) is 0 Å². The fraction of sp³-hybridized carbons (Fsp3) is 0.828. The van der Waals surface area contributed by atoms with Crippen LogP contribution >= 0.6 is 0 Å². The van der Waals surface area contributed by atoms with Gasteiger partial charge >= 0.3 is 17.9 Å². The first-order valence-electron chi connectivity index (χ1n) is 30.6. The van der Waals surface area contributed by atoms with E-state index in [2.05, 4.69) is 69.4 Å². The lowest BCUT2D eigenvalue weighted by Gasteiger charge is -2.18. The number of hydrogen-bond acceptors (Lipinski definition) is 6. The Morgan fingerprint density at radius 2 is 0.514 bits per heavy atom. The topological polar surface area (TPSA) is 78.9 Å². The second-order valence-corrected chi connectivity index (χ2v) is 20.6. The lowest BCUT2D eigenvalue weighted by molar-refractivity contribution is -0.167. The SMILES string of the molecule is CCCCC/C=C\C/C=C\CCCCCCCC(=O)OCC(COC(=O)CCCCCCCCCCCCCCCCCCCCC)OC(=O)CCCCCCCCC/C=C\C/C=C\CCCCCC. The molecule has 0 N–H and O–H groups in total. The molecule has 0 heterocycles. The average Bonchev–Trinajstić information content (AvgIpc) is 3.36. The van der Waals surface area contributed by atoms with Crippen LogP contribution in [0.4, 0.5) is 0 Å². The molecule has 0 aromatic rings. The maximum absolute atomic E-state index is 12.9. The van der Waals surface area contributed by atoms with Crippen molar-refractivity contribution < 1.29 is 28.6 Å². The Labute approximate surface area is 435 Å². The molecular weight excluding hydrogens is 865 g/mol. The first-order valence-corrected chi connectivity index (χ1v) is 30.6. The number of esters is 3. The Hall–Kier alpha value is -2.63. The van der Waals surface area contributed by atoms with E-state index in [9.17, 15) is 14.4 Å². The molecule has 0 rings (SSSR count). The van der Waals surface area contributed by atoms with Crippen LogP contribution in [0.2, 0.25) is 0 Å². The average molecular weight is 982 g/mol. The van der Waals surface area contributed by atoms with Crippen LogP contribution in [0.5, 0.6) is 0 Å². The molecule has 0 amide bonds. The third-order valence-corrected chi connectivity index (χ3v) is 13.6. The maximum Gasteiger partial charge on any atom is 0.306 e. The molecule has 6 heteroatoms. The Kier molecular flexibility index (Phi) is 56.7. The fourth-order valence-electron chi connectivity index (χ4n) is 8.92. The number of carbonyl (C=O) groups excluding carboxylic acids is 3. The van der Waals surface area contributed by atoms with Gasteiger partial charge in [0.05, 0.1) is 0 Å². The summed E-state index contributed by atoms with van der Waals surface area (Å²) in [6.45, 7) is 6.63. The fourth-order valence-corrected chi connectivity index (χ4v) is 8.92. The minimum Gasteiger partial charge on any atom is -0.462 e. The van der Waals surface area contributed by atoms with Crippen molar-refractivity contribution in [1.82, 2.24) is 0 Å². The van der Waals surface area contributed by atoms with Crippen molar-refractivity contribution >= 4 is 17.9 Å². The number of unbranched alkanes of at least 4 members (excludes halogenated alkanes) is 37. The van der Waals surface area contributed by atoms with E-state index in [1.807, 2.05) is 0 Å². The van der Waals surface area contributed by atoms with Crippen molar-refractivity contribution in [2.45, 2.75) is 329 Å². The maximum atomic E-state index is 12.9. The summed E-state index contributed by atoms with van der Waals surface area (Å²) in [5.74, 6) is -0.882. The zero-order valence-corrected chi connectivity index (χ0v) is 46.8. The molecule has 70 heavy (non-hydrogen) atoms. The lowest BCUT2D eigenvalue weighted by Crippen LogP contribution is -2.30. The third kappa shape index (κ3) is 56.3. The Balaban J connectivity index is 4.36. The summed E-state index contributed by atoms with van der Waals surface area (Å²) in [5.41, 5.74) is 0. The molecule has 0 radical (unpaired) electrons. The molecule has 0 aliphatic rings. The molecule has 1 atom stereocenters. The van der Waals surface area contributed by atoms with Crippen molar-refractivity contribution in [3.05, 3.63) is 48.6 Å². The summed E-state index contributed by atoms with van der Waals surface area (Å²) >= 11 is 0. The van der Waals surface area contributed by atoms with Gasteiger partial charge in [-0.25, -0.2) is 0 Å². The molecule has 0 spiro atoms. The number of allylic oxidation sites excluding steroid dienone is 8. The van der Waals surface area contributed by atoms with E-state index in [-0.39, 0.29) is 31.1 Å². The van der Waals surface area contributed by atoms with Crippen molar-refractivity contribution in [2.24, 2.45) is 0 Å². The molecule has 1 unspecified atom stereocenters. The van der Waals surface area contributed by atoms with Gasteiger partial charge in [0.1, 0.15) is 13.2 Å². The summed E-state index contributed by atoms with van der Waals surface area (Å²) < 4.78 is 16.9. The molecule has 0 fully saturated rings. The lowest BCUT2D eigenvalue weighted by atomic mass is 10.0. The molecule has 0 aliphatic heterocycles. The minimum atomic E-state index is -0.782. The Morgan fingerprint density at radius 3 is 0.829 bits per heavy atom. The largest absolute Gasteiger partial charge is 0.462 e. The smallest absolute Gasteiger partial charge is 0.306 e. The highest BCUT2D eigenvalue weighted by Crippen LogP contribution is 2.17. The molecule has 0 aliphatic carbocycles. The standard InChI is InChI=1S/C64H116O6/c1-4-7-10-13-16-19-22-25-28-30-32-34-36-39-42-45-48-51-54-57-63(66)69-60-61(59-68-62(65)56-53-50-47-44-41-38-35-27-24-21-18-15-12-9-6-3)70-64(67)58-55-52-49-46-43-40-37-33-31-29-26-23-20-17-14-11-8-5-2/h18,20-21,23,27,29,31,35,61H,4-17,19,22,24-26,28,30,32-34,36-60H2,1-3H3/b21-18-,23-20-,31-29-,35-27-. The van der Waals surface area contributed by atoms with Gasteiger partial charge in [0.2, 0.25) is 0 Å². The summed E-state index contributed by atoms with van der Waals surface area (Å²) in [6, 6.07) is 0. The first kappa shape index (κ1) is 67.4. The van der Waals surface area contributed by atoms with E-state index in [0.29, 0.717) is 19.3 Å². The zero-order valence-electron chi connectivity index (χ0n) is 46.8. The number of carbonyl (C=O) groups is 3. The van der Waals surface area contributed by atoms with Crippen LogP contribution in [-0.4, -0.2) is 37.2 Å². The van der Waals surface area contributed by atoms with Gasteiger partial charge in [-0.1, -0.05) is 268 Å². The molecule has 408 valence electrons. The molecule has 0 bridgehead atoms. The van der Waals surface area contributed by atoms with Crippen LogP contribution in [0, 0.1) is 0 Å². The summed E-state index contributed by atoms with van der Waals surface area (Å²) in [6.07, 6.45) is 72.4. The van der Waals surface area contributed by atoms with Gasteiger partial charge < -0.3 is 14.2 Å². The highest BCUT2D eigenvalue weighted by atomic mass is 16.6. The molecule has 0 aromatic heterocycles. The van der Waals surface area contributed by atoms with Crippen molar-refractivity contribution in [2.75, 3.05) is 13.2 Å². The van der Waals surface area contributed by atoms with Gasteiger partial charge in [-0.05, 0) is 83.5 Å². The van der Waals surface area contributed by atoms with Gasteiger partial charge in [-0.15, -0.1) is 0 Å². The molecular formula is C64H116O6. The number of ether oxygens (including phenoxy) is 3. The highest BCUT2D eigenvalue weighted by Gasteiger charge is 2.19. The van der Waals surface area contributed by atoms with Crippen molar-refractivity contribution in [3.63, 3.8) is 0 Å². The van der Waals surface area contributed by atoms with Gasteiger partial charge in [-0.2, -0.15) is 0 Å².